The second-order valence-corrected chi connectivity index (χ2v) is 8.34. The lowest BCUT2D eigenvalue weighted by atomic mass is 10.1. The minimum Gasteiger partial charge on any atom is -0.390 e. The fraction of sp³-hybridized carbons (Fsp3) is 0.364. The molecule has 2 unspecified atom stereocenters. The molecule has 0 aliphatic heterocycles. The number of nitrogens with zero attached hydrogens (tertiary/aromatic N) is 3. The van der Waals surface area contributed by atoms with Crippen LogP contribution in [0.3, 0.4) is 0 Å². The molecule has 0 aliphatic rings. The van der Waals surface area contributed by atoms with Crippen molar-refractivity contribution in [1.82, 2.24) is 14.8 Å². The normalized spacial score (nSPS) is 13.4. The molecular weight excluding hydrogens is 406 g/mol. The Labute approximate surface area is 181 Å². The van der Waals surface area contributed by atoms with Gasteiger partial charge >= 0.3 is 0 Å². The third-order valence-corrected chi connectivity index (χ3v) is 5.96. The summed E-state index contributed by atoms with van der Waals surface area (Å²) in [6.07, 6.45) is -0.710. The molecule has 0 spiro atoms. The van der Waals surface area contributed by atoms with Crippen molar-refractivity contribution >= 4 is 23.4 Å². The highest BCUT2D eigenvalue weighted by Crippen LogP contribution is 2.25. The second kappa shape index (κ2) is 10.3. The summed E-state index contributed by atoms with van der Waals surface area (Å²) in [6, 6.07) is 15.8. The van der Waals surface area contributed by atoms with E-state index in [2.05, 4.69) is 40.7 Å². The van der Waals surface area contributed by atoms with Gasteiger partial charge in [-0.05, 0) is 44.5 Å². The lowest BCUT2D eigenvalue weighted by Gasteiger charge is -2.17. The highest BCUT2D eigenvalue weighted by molar-refractivity contribution is 7.99. The molecule has 0 radical (unpaired) electrons. The molecule has 2 aromatic carbocycles. The number of rotatable bonds is 9. The maximum absolute atomic E-state index is 10.3. The lowest BCUT2D eigenvalue weighted by molar-refractivity contribution is 0.00621. The fourth-order valence-corrected chi connectivity index (χ4v) is 4.02. The Hall–Kier alpha value is -1.86. The maximum Gasteiger partial charge on any atom is 0.191 e. The van der Waals surface area contributed by atoms with Crippen LogP contribution < -0.4 is 0 Å². The minimum atomic E-state index is -0.598. The van der Waals surface area contributed by atoms with Crippen LogP contribution in [0.15, 0.2) is 53.7 Å². The van der Waals surface area contributed by atoms with Crippen molar-refractivity contribution in [2.45, 2.75) is 44.7 Å². The van der Waals surface area contributed by atoms with Crippen LogP contribution in [0.25, 0.3) is 11.4 Å². The van der Waals surface area contributed by atoms with Crippen LogP contribution in [0.4, 0.5) is 0 Å². The van der Waals surface area contributed by atoms with Gasteiger partial charge in [-0.2, -0.15) is 0 Å². The number of aliphatic hydroxyl groups is 1. The Balaban J connectivity index is 1.56. The predicted molar refractivity (Wildman–Crippen MR) is 118 cm³/mol. The zero-order valence-electron chi connectivity index (χ0n) is 16.9. The number of benzene rings is 2. The first-order valence-electron chi connectivity index (χ1n) is 9.66. The quantitative estimate of drug-likeness (QED) is 0.474. The van der Waals surface area contributed by atoms with Crippen molar-refractivity contribution in [3.8, 4) is 11.4 Å². The molecule has 0 fully saturated rings. The van der Waals surface area contributed by atoms with Crippen LogP contribution in [-0.4, -0.2) is 38.3 Å². The summed E-state index contributed by atoms with van der Waals surface area (Å²) in [6.45, 7) is 7.11. The van der Waals surface area contributed by atoms with E-state index in [1.807, 2.05) is 43.3 Å². The van der Waals surface area contributed by atoms with E-state index in [1.54, 1.807) is 0 Å². The number of aryl methyl sites for hydroxylation is 1. The largest absolute Gasteiger partial charge is 0.390 e. The smallest absolute Gasteiger partial charge is 0.191 e. The van der Waals surface area contributed by atoms with Crippen molar-refractivity contribution in [2.75, 3.05) is 12.4 Å². The number of halogens is 1. The van der Waals surface area contributed by atoms with Crippen LogP contribution in [0.1, 0.15) is 31.1 Å². The topological polar surface area (TPSA) is 60.2 Å². The maximum atomic E-state index is 10.3. The number of aromatic nitrogens is 3. The SMILES string of the molecule is CCn1c(SCC(O)COC(C)c2ccc(Cl)cc2)nnc1-c1cccc(C)c1. The Bertz CT molecular complexity index is 930. The van der Waals surface area contributed by atoms with Gasteiger partial charge in [0.1, 0.15) is 0 Å². The van der Waals surface area contributed by atoms with E-state index in [-0.39, 0.29) is 12.7 Å². The van der Waals surface area contributed by atoms with Gasteiger partial charge in [0.2, 0.25) is 0 Å². The van der Waals surface area contributed by atoms with E-state index >= 15 is 0 Å². The summed E-state index contributed by atoms with van der Waals surface area (Å²) in [5.74, 6) is 1.33. The lowest BCUT2D eigenvalue weighted by Crippen LogP contribution is -2.19. The van der Waals surface area contributed by atoms with Gasteiger partial charge in [0.05, 0.1) is 18.8 Å². The second-order valence-electron chi connectivity index (χ2n) is 6.91. The molecule has 5 nitrogen and oxygen atoms in total. The van der Waals surface area contributed by atoms with Crippen molar-refractivity contribution in [3.05, 3.63) is 64.7 Å². The van der Waals surface area contributed by atoms with Gasteiger partial charge in [-0.1, -0.05) is 59.3 Å². The van der Waals surface area contributed by atoms with Crippen LogP contribution >= 0.6 is 23.4 Å². The first-order chi connectivity index (χ1) is 14.0. The summed E-state index contributed by atoms with van der Waals surface area (Å²) < 4.78 is 7.89. The first kappa shape index (κ1) is 21.8. The molecule has 0 bridgehead atoms. The zero-order valence-corrected chi connectivity index (χ0v) is 18.5. The summed E-state index contributed by atoms with van der Waals surface area (Å²) >= 11 is 7.41. The van der Waals surface area contributed by atoms with Crippen LogP contribution in [0.5, 0.6) is 0 Å². The van der Waals surface area contributed by atoms with Gasteiger partial charge in [0.15, 0.2) is 11.0 Å². The summed E-state index contributed by atoms with van der Waals surface area (Å²) in [4.78, 5) is 0. The molecule has 154 valence electrons. The van der Waals surface area contributed by atoms with Crippen LogP contribution in [-0.2, 0) is 11.3 Å². The van der Waals surface area contributed by atoms with Gasteiger partial charge < -0.3 is 14.4 Å². The van der Waals surface area contributed by atoms with E-state index in [9.17, 15) is 5.11 Å². The van der Waals surface area contributed by atoms with E-state index < -0.39 is 6.10 Å². The third kappa shape index (κ3) is 5.82. The number of aliphatic hydroxyl groups excluding tert-OH is 1. The van der Waals surface area contributed by atoms with Gasteiger partial charge in [0, 0.05) is 22.9 Å². The monoisotopic (exact) mass is 431 g/mol. The van der Waals surface area contributed by atoms with Crippen LogP contribution in [0.2, 0.25) is 5.02 Å². The van der Waals surface area contributed by atoms with Gasteiger partial charge in [-0.25, -0.2) is 0 Å². The number of hydrogen-bond acceptors (Lipinski definition) is 5. The van der Waals surface area contributed by atoms with Crippen molar-refractivity contribution in [1.29, 1.82) is 0 Å². The molecule has 0 aliphatic carbocycles. The molecule has 7 heteroatoms. The Morgan fingerprint density at radius 1 is 1.17 bits per heavy atom. The molecule has 29 heavy (non-hydrogen) atoms. The number of thioether (sulfide) groups is 1. The van der Waals surface area contributed by atoms with E-state index in [1.165, 1.54) is 17.3 Å². The summed E-state index contributed by atoms with van der Waals surface area (Å²) in [7, 11) is 0. The molecule has 0 amide bonds. The Morgan fingerprint density at radius 2 is 1.93 bits per heavy atom. The molecule has 1 aromatic heterocycles. The molecule has 3 aromatic rings. The van der Waals surface area contributed by atoms with E-state index in [0.717, 1.165) is 28.7 Å². The summed E-state index contributed by atoms with van der Waals surface area (Å²) in [5, 5.41) is 20.5. The molecule has 0 saturated heterocycles. The number of hydrogen-bond donors (Lipinski definition) is 1. The third-order valence-electron chi connectivity index (χ3n) is 4.59. The molecule has 0 saturated carbocycles. The van der Waals surface area contributed by atoms with Crippen molar-refractivity contribution in [3.63, 3.8) is 0 Å². The van der Waals surface area contributed by atoms with Gasteiger partial charge in [0.25, 0.3) is 0 Å². The number of ether oxygens (including phenoxy) is 1. The van der Waals surface area contributed by atoms with Gasteiger partial charge in [-0.3, -0.25) is 0 Å². The van der Waals surface area contributed by atoms with Gasteiger partial charge in [-0.15, -0.1) is 10.2 Å². The predicted octanol–water partition coefficient (Wildman–Crippen LogP) is 5.16. The first-order valence-corrected chi connectivity index (χ1v) is 11.0. The summed E-state index contributed by atoms with van der Waals surface area (Å²) in [5.41, 5.74) is 3.26. The average Bonchev–Trinajstić information content (AvgIpc) is 3.14. The molecular formula is C22H26ClN3O2S. The molecule has 2 atom stereocenters. The fourth-order valence-electron chi connectivity index (χ4n) is 2.98. The molecule has 3 rings (SSSR count). The minimum absolute atomic E-state index is 0.112. The average molecular weight is 432 g/mol. The highest BCUT2D eigenvalue weighted by atomic mass is 35.5. The van der Waals surface area contributed by atoms with E-state index in [4.69, 9.17) is 16.3 Å². The van der Waals surface area contributed by atoms with Crippen LogP contribution in [0, 0.1) is 6.92 Å². The molecule has 1 heterocycles. The van der Waals surface area contributed by atoms with Crippen molar-refractivity contribution < 1.29 is 9.84 Å². The highest BCUT2D eigenvalue weighted by Gasteiger charge is 2.16. The van der Waals surface area contributed by atoms with Crippen molar-refractivity contribution in [2.24, 2.45) is 0 Å². The zero-order chi connectivity index (χ0) is 20.8. The van der Waals surface area contributed by atoms with E-state index in [0.29, 0.717) is 10.8 Å². The standard InChI is InChI=1S/C22H26ClN3O2S/c1-4-26-21(18-7-5-6-15(2)12-18)24-25-22(26)29-14-20(27)13-28-16(3)17-8-10-19(23)11-9-17/h5-12,16,20,27H,4,13-14H2,1-3H3. The Morgan fingerprint density at radius 3 is 2.62 bits per heavy atom. The Kier molecular flexibility index (Phi) is 7.72. The molecule has 1 N–H and O–H groups in total.